The Balaban J connectivity index is 2.74. The van der Waals surface area contributed by atoms with Crippen molar-refractivity contribution in [1.82, 2.24) is 9.88 Å². The zero-order valence-electron chi connectivity index (χ0n) is 10.1. The van der Waals surface area contributed by atoms with Gasteiger partial charge in [-0.2, -0.15) is 0 Å². The highest BCUT2D eigenvalue weighted by Gasteiger charge is 2.08. The van der Waals surface area contributed by atoms with Crippen molar-refractivity contribution >= 4 is 17.2 Å². The van der Waals surface area contributed by atoms with Gasteiger partial charge in [0.2, 0.25) is 0 Å². The average Bonchev–Trinajstić information content (AvgIpc) is 2.28. The van der Waals surface area contributed by atoms with E-state index in [2.05, 4.69) is 30.8 Å². The molecule has 1 rings (SSSR count). The zero-order valence-corrected chi connectivity index (χ0v) is 10.9. The summed E-state index contributed by atoms with van der Waals surface area (Å²) in [6, 6.07) is 4.53. The van der Waals surface area contributed by atoms with E-state index in [0.29, 0.717) is 16.7 Å². The van der Waals surface area contributed by atoms with Gasteiger partial charge in [-0.15, -0.1) is 0 Å². The highest BCUT2D eigenvalue weighted by atomic mass is 32.1. The van der Waals surface area contributed by atoms with Crippen molar-refractivity contribution in [3.63, 3.8) is 0 Å². The standard InChI is InChI=1S/C12H19N3S/c1-4-9(2)15(3)8-10-5-6-14-11(7-10)12(13)16/h5-7,9H,4,8H2,1-3H3,(H2,13,16). The molecule has 1 unspecified atom stereocenters. The fourth-order valence-corrected chi connectivity index (χ4v) is 1.57. The highest BCUT2D eigenvalue weighted by molar-refractivity contribution is 7.80. The zero-order chi connectivity index (χ0) is 12.1. The fraction of sp³-hybridized carbons (Fsp3) is 0.500. The van der Waals surface area contributed by atoms with Gasteiger partial charge in [-0.1, -0.05) is 19.1 Å². The molecule has 16 heavy (non-hydrogen) atoms. The summed E-state index contributed by atoms with van der Waals surface area (Å²) in [7, 11) is 2.12. The van der Waals surface area contributed by atoms with Crippen LogP contribution in [0.1, 0.15) is 31.5 Å². The number of nitrogens with zero attached hydrogens (tertiary/aromatic N) is 2. The second-order valence-electron chi connectivity index (χ2n) is 4.09. The van der Waals surface area contributed by atoms with Crippen molar-refractivity contribution in [1.29, 1.82) is 0 Å². The van der Waals surface area contributed by atoms with E-state index in [1.165, 1.54) is 5.56 Å². The summed E-state index contributed by atoms with van der Waals surface area (Å²) in [5.74, 6) is 0. The van der Waals surface area contributed by atoms with E-state index in [4.69, 9.17) is 18.0 Å². The summed E-state index contributed by atoms with van der Waals surface area (Å²) in [6.45, 7) is 5.30. The minimum atomic E-state index is 0.355. The normalized spacial score (nSPS) is 12.8. The molecule has 88 valence electrons. The second-order valence-corrected chi connectivity index (χ2v) is 4.53. The predicted molar refractivity (Wildman–Crippen MR) is 71.3 cm³/mol. The van der Waals surface area contributed by atoms with Gasteiger partial charge in [0.1, 0.15) is 4.99 Å². The molecule has 0 aromatic carbocycles. The molecule has 1 heterocycles. The van der Waals surface area contributed by atoms with Gasteiger partial charge in [0.25, 0.3) is 0 Å². The fourth-order valence-electron chi connectivity index (χ4n) is 1.46. The number of rotatable bonds is 5. The molecular formula is C12H19N3S. The van der Waals surface area contributed by atoms with Crippen LogP contribution in [0.5, 0.6) is 0 Å². The maximum Gasteiger partial charge on any atom is 0.122 e. The molecule has 3 nitrogen and oxygen atoms in total. The largest absolute Gasteiger partial charge is 0.388 e. The summed E-state index contributed by atoms with van der Waals surface area (Å²) < 4.78 is 0. The van der Waals surface area contributed by atoms with Crippen LogP contribution < -0.4 is 5.73 Å². The lowest BCUT2D eigenvalue weighted by atomic mass is 10.1. The third-order valence-corrected chi connectivity index (χ3v) is 3.06. The lowest BCUT2D eigenvalue weighted by molar-refractivity contribution is 0.244. The summed E-state index contributed by atoms with van der Waals surface area (Å²) in [5.41, 5.74) is 7.45. The minimum Gasteiger partial charge on any atom is -0.388 e. The summed E-state index contributed by atoms with van der Waals surface area (Å²) in [4.78, 5) is 6.79. The van der Waals surface area contributed by atoms with E-state index in [0.717, 1.165) is 13.0 Å². The van der Waals surface area contributed by atoms with Crippen LogP contribution >= 0.6 is 12.2 Å². The van der Waals surface area contributed by atoms with Gasteiger partial charge >= 0.3 is 0 Å². The molecule has 0 saturated heterocycles. The van der Waals surface area contributed by atoms with Crippen LogP contribution in [0, 0.1) is 0 Å². The van der Waals surface area contributed by atoms with Crippen molar-refractivity contribution in [3.05, 3.63) is 29.6 Å². The monoisotopic (exact) mass is 237 g/mol. The molecule has 0 bridgehead atoms. The van der Waals surface area contributed by atoms with Gasteiger partial charge in [0.15, 0.2) is 0 Å². The van der Waals surface area contributed by atoms with Crippen molar-refractivity contribution in [2.24, 2.45) is 5.73 Å². The molecule has 0 aliphatic carbocycles. The molecule has 0 amide bonds. The Labute approximate surface area is 103 Å². The first-order valence-corrected chi connectivity index (χ1v) is 5.90. The lowest BCUT2D eigenvalue weighted by Crippen LogP contribution is -2.28. The average molecular weight is 237 g/mol. The van der Waals surface area contributed by atoms with Gasteiger partial charge < -0.3 is 5.73 Å². The van der Waals surface area contributed by atoms with E-state index < -0.39 is 0 Å². The summed E-state index contributed by atoms with van der Waals surface area (Å²) in [5, 5.41) is 0. The molecule has 0 aliphatic rings. The molecule has 0 spiro atoms. The second kappa shape index (κ2) is 5.92. The molecule has 0 radical (unpaired) electrons. The van der Waals surface area contributed by atoms with Crippen LogP contribution in [0.2, 0.25) is 0 Å². The Morgan fingerprint density at radius 2 is 2.31 bits per heavy atom. The molecular weight excluding hydrogens is 218 g/mol. The minimum absolute atomic E-state index is 0.355. The Kier molecular flexibility index (Phi) is 4.83. The maximum absolute atomic E-state index is 5.55. The van der Waals surface area contributed by atoms with Gasteiger partial charge in [-0.3, -0.25) is 9.88 Å². The summed E-state index contributed by atoms with van der Waals surface area (Å²) in [6.07, 6.45) is 2.90. The molecule has 4 heteroatoms. The molecule has 1 atom stereocenters. The van der Waals surface area contributed by atoms with Gasteiger partial charge in [-0.25, -0.2) is 0 Å². The van der Waals surface area contributed by atoms with Crippen LogP contribution in [-0.2, 0) is 6.54 Å². The Hall–Kier alpha value is -1.00. The number of hydrogen-bond acceptors (Lipinski definition) is 3. The topological polar surface area (TPSA) is 42.2 Å². The maximum atomic E-state index is 5.55. The molecule has 1 aromatic heterocycles. The van der Waals surface area contributed by atoms with E-state index >= 15 is 0 Å². The lowest BCUT2D eigenvalue weighted by Gasteiger charge is -2.23. The van der Waals surface area contributed by atoms with Crippen molar-refractivity contribution < 1.29 is 0 Å². The highest BCUT2D eigenvalue weighted by Crippen LogP contribution is 2.09. The van der Waals surface area contributed by atoms with Crippen LogP contribution in [-0.4, -0.2) is 28.0 Å². The van der Waals surface area contributed by atoms with E-state index in [9.17, 15) is 0 Å². The van der Waals surface area contributed by atoms with E-state index in [1.54, 1.807) is 6.20 Å². The van der Waals surface area contributed by atoms with Crippen molar-refractivity contribution in [2.45, 2.75) is 32.9 Å². The van der Waals surface area contributed by atoms with Gasteiger partial charge in [0.05, 0.1) is 5.69 Å². The van der Waals surface area contributed by atoms with Gasteiger partial charge in [0, 0.05) is 18.8 Å². The molecule has 2 N–H and O–H groups in total. The third kappa shape index (κ3) is 3.54. The van der Waals surface area contributed by atoms with Crippen LogP contribution in [0.3, 0.4) is 0 Å². The van der Waals surface area contributed by atoms with E-state index in [1.807, 2.05) is 12.1 Å². The number of hydrogen-bond donors (Lipinski definition) is 1. The smallest absolute Gasteiger partial charge is 0.122 e. The van der Waals surface area contributed by atoms with Gasteiger partial charge in [-0.05, 0) is 38.1 Å². The number of thiocarbonyl (C=S) groups is 1. The number of nitrogens with two attached hydrogens (primary N) is 1. The van der Waals surface area contributed by atoms with Crippen molar-refractivity contribution in [2.75, 3.05) is 7.05 Å². The first kappa shape index (κ1) is 13.1. The molecule has 0 saturated carbocycles. The molecule has 1 aromatic rings. The third-order valence-electron chi connectivity index (χ3n) is 2.85. The Morgan fingerprint density at radius 1 is 1.62 bits per heavy atom. The SMILES string of the molecule is CCC(C)N(C)Cc1ccnc(C(N)=S)c1. The van der Waals surface area contributed by atoms with Crippen LogP contribution in [0.25, 0.3) is 0 Å². The predicted octanol–water partition coefficient (Wildman–Crippen LogP) is 1.95. The number of pyridine rings is 1. The first-order valence-electron chi connectivity index (χ1n) is 5.49. The quantitative estimate of drug-likeness (QED) is 0.795. The van der Waals surface area contributed by atoms with E-state index in [-0.39, 0.29) is 0 Å². The van der Waals surface area contributed by atoms with Crippen LogP contribution in [0.4, 0.5) is 0 Å². The molecule has 0 aliphatic heterocycles. The Morgan fingerprint density at radius 3 is 2.88 bits per heavy atom. The number of aromatic nitrogens is 1. The summed E-state index contributed by atoms with van der Waals surface area (Å²) >= 11 is 4.91. The Bertz CT molecular complexity index is 365. The van der Waals surface area contributed by atoms with Crippen LogP contribution in [0.15, 0.2) is 18.3 Å². The first-order chi connectivity index (χ1) is 7.54. The molecule has 0 fully saturated rings. The van der Waals surface area contributed by atoms with Crippen molar-refractivity contribution in [3.8, 4) is 0 Å².